The van der Waals surface area contributed by atoms with Gasteiger partial charge in [0.05, 0.1) is 0 Å². The van der Waals surface area contributed by atoms with Crippen LogP contribution < -0.4 is 10.1 Å². The van der Waals surface area contributed by atoms with Gasteiger partial charge in [-0.15, -0.1) is 0 Å². The van der Waals surface area contributed by atoms with Gasteiger partial charge in [-0.05, 0) is 0 Å². The van der Waals surface area contributed by atoms with Crippen LogP contribution in [0.2, 0.25) is 0 Å². The first-order chi connectivity index (χ1) is 6.51. The lowest BCUT2D eigenvalue weighted by Gasteiger charge is -2.08. The number of hydrogen-bond donors (Lipinski definition) is 1. The van der Waals surface area contributed by atoms with E-state index in [0.29, 0.717) is 0 Å². The maximum absolute atomic E-state index is 11.7. The molecule has 7 heteroatoms. The monoisotopic (exact) mass is 207 g/mol. The fourth-order valence-corrected chi connectivity index (χ4v) is 0.699. The summed E-state index contributed by atoms with van der Waals surface area (Å²) in [4.78, 5) is 7.37. The summed E-state index contributed by atoms with van der Waals surface area (Å²) >= 11 is 0. The molecule has 78 valence electrons. The van der Waals surface area contributed by atoms with E-state index in [1.807, 2.05) is 0 Å². The topological polar surface area (TPSA) is 47.0 Å². The van der Waals surface area contributed by atoms with E-state index >= 15 is 0 Å². The van der Waals surface area contributed by atoms with E-state index in [9.17, 15) is 13.2 Å². The number of rotatable bonds is 3. The summed E-state index contributed by atoms with van der Waals surface area (Å²) in [5.41, 5.74) is 0. The van der Waals surface area contributed by atoms with E-state index in [4.69, 9.17) is 0 Å². The van der Waals surface area contributed by atoms with Gasteiger partial charge in [-0.1, -0.05) is 0 Å². The molecule has 0 saturated carbocycles. The quantitative estimate of drug-likeness (QED) is 0.815. The maximum Gasteiger partial charge on any atom is 0.422 e. The molecule has 0 unspecified atom stereocenters. The van der Waals surface area contributed by atoms with Crippen LogP contribution in [0.5, 0.6) is 5.88 Å². The standard InChI is InChI=1S/C7H8F3N3O/c1-11-6-12-3-2-5(13-6)14-4-7(8,9)10/h2-3H,4H2,1H3,(H,11,12,13). The summed E-state index contributed by atoms with van der Waals surface area (Å²) in [6.45, 7) is -1.35. The van der Waals surface area contributed by atoms with E-state index in [2.05, 4.69) is 20.0 Å². The first-order valence-electron chi connectivity index (χ1n) is 3.71. The van der Waals surface area contributed by atoms with Gasteiger partial charge < -0.3 is 10.1 Å². The van der Waals surface area contributed by atoms with Crippen LogP contribution in [0.1, 0.15) is 0 Å². The van der Waals surface area contributed by atoms with Gasteiger partial charge in [0.15, 0.2) is 6.61 Å². The summed E-state index contributed by atoms with van der Waals surface area (Å²) in [6.07, 6.45) is -3.05. The van der Waals surface area contributed by atoms with Crippen molar-refractivity contribution in [3.63, 3.8) is 0 Å². The minimum absolute atomic E-state index is 0.110. The molecule has 1 rings (SSSR count). The molecule has 0 aliphatic rings. The van der Waals surface area contributed by atoms with Crippen LogP contribution in [0.25, 0.3) is 0 Å². The minimum Gasteiger partial charge on any atom is -0.468 e. The van der Waals surface area contributed by atoms with Crippen LogP contribution in [0, 0.1) is 0 Å². The zero-order valence-corrected chi connectivity index (χ0v) is 7.30. The molecular weight excluding hydrogens is 199 g/mol. The van der Waals surface area contributed by atoms with Crippen LogP contribution >= 0.6 is 0 Å². The number of alkyl halides is 3. The molecule has 14 heavy (non-hydrogen) atoms. The van der Waals surface area contributed by atoms with Crippen LogP contribution in [-0.4, -0.2) is 29.8 Å². The molecule has 0 aromatic carbocycles. The van der Waals surface area contributed by atoms with E-state index in [1.54, 1.807) is 7.05 Å². The molecule has 0 radical (unpaired) electrons. The second-order valence-electron chi connectivity index (χ2n) is 2.37. The summed E-state index contributed by atoms with van der Waals surface area (Å²) in [5.74, 6) is 0.103. The Morgan fingerprint density at radius 2 is 2.21 bits per heavy atom. The predicted molar refractivity (Wildman–Crippen MR) is 43.1 cm³/mol. The summed E-state index contributed by atoms with van der Waals surface area (Å²) < 4.78 is 39.6. The van der Waals surface area contributed by atoms with Gasteiger partial charge in [-0.25, -0.2) is 4.98 Å². The number of aromatic nitrogens is 2. The first-order valence-corrected chi connectivity index (χ1v) is 3.71. The second kappa shape index (κ2) is 4.12. The third-order valence-electron chi connectivity index (χ3n) is 1.24. The highest BCUT2D eigenvalue weighted by molar-refractivity contribution is 5.25. The molecule has 1 heterocycles. The Morgan fingerprint density at radius 1 is 1.50 bits per heavy atom. The van der Waals surface area contributed by atoms with E-state index in [-0.39, 0.29) is 11.8 Å². The average molecular weight is 207 g/mol. The summed E-state index contributed by atoms with van der Waals surface area (Å²) in [5, 5.41) is 2.58. The Balaban J connectivity index is 2.59. The highest BCUT2D eigenvalue weighted by Crippen LogP contribution is 2.17. The van der Waals surface area contributed by atoms with Crippen LogP contribution in [-0.2, 0) is 0 Å². The number of ether oxygens (including phenoxy) is 1. The van der Waals surface area contributed by atoms with E-state index in [1.165, 1.54) is 12.3 Å². The molecule has 0 spiro atoms. The SMILES string of the molecule is CNc1nccc(OCC(F)(F)F)n1. The fraction of sp³-hybridized carbons (Fsp3) is 0.429. The summed E-state index contributed by atoms with van der Waals surface area (Å²) in [7, 11) is 1.56. The first kappa shape index (κ1) is 10.6. The minimum atomic E-state index is -4.36. The van der Waals surface area contributed by atoms with E-state index < -0.39 is 12.8 Å². The lowest BCUT2D eigenvalue weighted by atomic mass is 10.6. The Bertz CT molecular complexity index is 302. The Kier molecular flexibility index (Phi) is 3.10. The number of nitrogens with zero attached hydrogens (tertiary/aromatic N) is 2. The molecular formula is C7H8F3N3O. The number of hydrogen-bond acceptors (Lipinski definition) is 4. The average Bonchev–Trinajstić information content (AvgIpc) is 2.14. The number of anilines is 1. The second-order valence-corrected chi connectivity index (χ2v) is 2.37. The predicted octanol–water partition coefficient (Wildman–Crippen LogP) is 1.46. The molecule has 4 nitrogen and oxygen atoms in total. The molecule has 1 N–H and O–H groups in total. The van der Waals surface area contributed by atoms with Crippen molar-refractivity contribution in [3.8, 4) is 5.88 Å². The summed E-state index contributed by atoms with van der Waals surface area (Å²) in [6, 6.07) is 1.26. The number of nitrogens with one attached hydrogen (secondary N) is 1. The van der Waals surface area contributed by atoms with Gasteiger partial charge in [0, 0.05) is 19.3 Å². The van der Waals surface area contributed by atoms with Gasteiger partial charge >= 0.3 is 6.18 Å². The van der Waals surface area contributed by atoms with Crippen molar-refractivity contribution in [1.29, 1.82) is 0 Å². The maximum atomic E-state index is 11.7. The molecule has 0 saturated heterocycles. The fourth-order valence-electron chi connectivity index (χ4n) is 0.699. The van der Waals surface area contributed by atoms with Crippen molar-refractivity contribution in [2.75, 3.05) is 19.0 Å². The normalized spacial score (nSPS) is 11.1. The van der Waals surface area contributed by atoms with Crippen molar-refractivity contribution in [2.45, 2.75) is 6.18 Å². The lowest BCUT2D eigenvalue weighted by molar-refractivity contribution is -0.154. The number of halogens is 3. The zero-order valence-electron chi connectivity index (χ0n) is 7.30. The Labute approximate surface area is 78.1 Å². The molecule has 0 bridgehead atoms. The van der Waals surface area contributed by atoms with Gasteiger partial charge in [-0.3, -0.25) is 0 Å². The van der Waals surface area contributed by atoms with Crippen molar-refractivity contribution in [3.05, 3.63) is 12.3 Å². The smallest absolute Gasteiger partial charge is 0.422 e. The Morgan fingerprint density at radius 3 is 2.79 bits per heavy atom. The van der Waals surface area contributed by atoms with Gasteiger partial charge in [-0.2, -0.15) is 18.2 Å². The zero-order chi connectivity index (χ0) is 10.6. The van der Waals surface area contributed by atoms with Crippen molar-refractivity contribution >= 4 is 5.95 Å². The Hall–Kier alpha value is -1.53. The van der Waals surface area contributed by atoms with Crippen LogP contribution in [0.4, 0.5) is 19.1 Å². The molecule has 0 fully saturated rings. The third-order valence-corrected chi connectivity index (χ3v) is 1.24. The lowest BCUT2D eigenvalue weighted by Crippen LogP contribution is -2.19. The molecule has 1 aromatic heterocycles. The molecule has 0 aliphatic carbocycles. The van der Waals surface area contributed by atoms with Crippen molar-refractivity contribution in [1.82, 2.24) is 9.97 Å². The van der Waals surface area contributed by atoms with Crippen molar-refractivity contribution in [2.24, 2.45) is 0 Å². The van der Waals surface area contributed by atoms with Gasteiger partial charge in [0.2, 0.25) is 11.8 Å². The molecule has 1 aromatic rings. The molecule has 0 aliphatic heterocycles. The van der Waals surface area contributed by atoms with Crippen LogP contribution in [0.15, 0.2) is 12.3 Å². The van der Waals surface area contributed by atoms with Gasteiger partial charge in [0.1, 0.15) is 0 Å². The van der Waals surface area contributed by atoms with Crippen LogP contribution in [0.3, 0.4) is 0 Å². The third kappa shape index (κ3) is 3.46. The van der Waals surface area contributed by atoms with Gasteiger partial charge in [0.25, 0.3) is 0 Å². The largest absolute Gasteiger partial charge is 0.468 e. The molecule has 0 amide bonds. The van der Waals surface area contributed by atoms with E-state index in [0.717, 1.165) is 0 Å². The van der Waals surface area contributed by atoms with Crippen molar-refractivity contribution < 1.29 is 17.9 Å². The molecule has 0 atom stereocenters. The highest BCUT2D eigenvalue weighted by Gasteiger charge is 2.28. The highest BCUT2D eigenvalue weighted by atomic mass is 19.4.